The van der Waals surface area contributed by atoms with E-state index in [0.29, 0.717) is 19.0 Å². The largest absolute Gasteiger partial charge is 0.377 e. The first kappa shape index (κ1) is 16.3. The lowest BCUT2D eigenvalue weighted by molar-refractivity contribution is 0.0984. The molecule has 8 heteroatoms. The summed E-state index contributed by atoms with van der Waals surface area (Å²) in [5.74, 6) is 1.58. The van der Waals surface area contributed by atoms with Crippen LogP contribution >= 0.6 is 0 Å². The highest BCUT2D eigenvalue weighted by Crippen LogP contribution is 2.49. The summed E-state index contributed by atoms with van der Waals surface area (Å²) in [7, 11) is 0. The van der Waals surface area contributed by atoms with Gasteiger partial charge in [-0.05, 0) is 38.8 Å². The molecule has 5 rings (SSSR count). The molecule has 1 N–H and O–H groups in total. The Kier molecular flexibility index (Phi) is 3.49. The Hall–Kier alpha value is -2.92. The first-order valence-corrected chi connectivity index (χ1v) is 9.28. The van der Waals surface area contributed by atoms with Crippen molar-refractivity contribution in [3.05, 3.63) is 29.6 Å². The fourth-order valence-electron chi connectivity index (χ4n) is 3.84. The molecule has 0 aromatic carbocycles. The van der Waals surface area contributed by atoms with Gasteiger partial charge in [-0.2, -0.15) is 10.4 Å². The summed E-state index contributed by atoms with van der Waals surface area (Å²) in [5, 5.41) is 21.9. The van der Waals surface area contributed by atoms with Crippen molar-refractivity contribution >= 4 is 11.3 Å². The van der Waals surface area contributed by atoms with Gasteiger partial charge in [0.1, 0.15) is 11.5 Å². The Morgan fingerprint density at radius 3 is 2.89 bits per heavy atom. The SMILES string of the molecule is Cc1cc(-c2ncc3c(C4(C#N)CC4)cc(N4CCOC[C@H]4C)nn23)[nH]n1. The van der Waals surface area contributed by atoms with Gasteiger partial charge in [0.15, 0.2) is 5.82 Å². The zero-order valence-electron chi connectivity index (χ0n) is 15.4. The van der Waals surface area contributed by atoms with Crippen molar-refractivity contribution in [2.45, 2.75) is 38.1 Å². The van der Waals surface area contributed by atoms with Crippen LogP contribution in [0.1, 0.15) is 31.0 Å². The van der Waals surface area contributed by atoms with E-state index in [0.717, 1.165) is 47.7 Å². The highest BCUT2D eigenvalue weighted by atomic mass is 16.5. The van der Waals surface area contributed by atoms with Crippen molar-refractivity contribution in [2.75, 3.05) is 24.7 Å². The molecular formula is C19H21N7O. The van der Waals surface area contributed by atoms with Gasteiger partial charge >= 0.3 is 0 Å². The van der Waals surface area contributed by atoms with Crippen LogP contribution in [0.3, 0.4) is 0 Å². The standard InChI is InChI=1S/C19H21N7O/c1-12-7-15(23-22-12)18-21-9-16-14(19(11-20)3-4-19)8-17(24-26(16)18)25-5-6-27-10-13(25)2/h7-9,13H,3-6,10H2,1-2H3,(H,22,23)/t13-/m1/s1. The minimum atomic E-state index is -0.421. The Labute approximate surface area is 156 Å². The predicted octanol–water partition coefficient (Wildman–Crippen LogP) is 2.21. The number of hydrogen-bond donors (Lipinski definition) is 1. The van der Waals surface area contributed by atoms with E-state index in [-0.39, 0.29) is 6.04 Å². The number of aromatic amines is 1. The number of nitrogens with zero attached hydrogens (tertiary/aromatic N) is 6. The zero-order valence-corrected chi connectivity index (χ0v) is 15.4. The minimum Gasteiger partial charge on any atom is -0.377 e. The van der Waals surface area contributed by atoms with Crippen LogP contribution in [0, 0.1) is 18.3 Å². The molecule has 138 valence electrons. The van der Waals surface area contributed by atoms with Crippen LogP contribution < -0.4 is 4.90 Å². The summed E-state index contributed by atoms with van der Waals surface area (Å²) < 4.78 is 7.44. The number of aryl methyl sites for hydroxylation is 1. The molecule has 2 fully saturated rings. The van der Waals surface area contributed by atoms with Crippen molar-refractivity contribution in [1.82, 2.24) is 24.8 Å². The van der Waals surface area contributed by atoms with E-state index in [1.165, 1.54) is 0 Å². The van der Waals surface area contributed by atoms with Crippen molar-refractivity contribution in [1.29, 1.82) is 5.26 Å². The number of H-pyrrole nitrogens is 1. The molecule has 0 radical (unpaired) electrons. The average Bonchev–Trinajstić information content (AvgIpc) is 3.18. The number of nitrogens with one attached hydrogen (secondary N) is 1. The molecule has 1 aliphatic carbocycles. The monoisotopic (exact) mass is 363 g/mol. The fraction of sp³-hybridized carbons (Fsp3) is 0.474. The lowest BCUT2D eigenvalue weighted by atomic mass is 9.98. The van der Waals surface area contributed by atoms with Crippen LogP contribution in [0.4, 0.5) is 5.82 Å². The maximum absolute atomic E-state index is 9.80. The third-order valence-corrected chi connectivity index (χ3v) is 5.58. The summed E-state index contributed by atoms with van der Waals surface area (Å²) in [6, 6.07) is 6.79. The van der Waals surface area contributed by atoms with Gasteiger partial charge in [-0.25, -0.2) is 9.50 Å². The number of hydrogen-bond acceptors (Lipinski definition) is 6. The third kappa shape index (κ3) is 2.50. The van der Waals surface area contributed by atoms with Crippen LogP contribution in [0.15, 0.2) is 18.3 Å². The van der Waals surface area contributed by atoms with Gasteiger partial charge in [-0.3, -0.25) is 5.10 Å². The Balaban J connectivity index is 1.73. The van der Waals surface area contributed by atoms with Gasteiger partial charge in [0.25, 0.3) is 0 Å². The quantitative estimate of drug-likeness (QED) is 0.766. The van der Waals surface area contributed by atoms with Gasteiger partial charge in [0.2, 0.25) is 0 Å². The first-order valence-electron chi connectivity index (χ1n) is 9.28. The molecule has 1 aliphatic heterocycles. The number of anilines is 1. The molecule has 3 aromatic heterocycles. The maximum Gasteiger partial charge on any atom is 0.179 e. The Morgan fingerprint density at radius 1 is 1.37 bits per heavy atom. The van der Waals surface area contributed by atoms with Crippen molar-refractivity contribution in [3.8, 4) is 17.6 Å². The van der Waals surface area contributed by atoms with Gasteiger partial charge in [0.05, 0.1) is 48.1 Å². The molecule has 1 atom stereocenters. The maximum atomic E-state index is 9.80. The highest BCUT2D eigenvalue weighted by Gasteiger charge is 2.47. The molecule has 27 heavy (non-hydrogen) atoms. The lowest BCUT2D eigenvalue weighted by Gasteiger charge is -2.34. The number of nitriles is 1. The molecule has 0 spiro atoms. The second-order valence-corrected chi connectivity index (χ2v) is 7.53. The molecule has 2 aliphatic rings. The molecule has 0 unspecified atom stereocenters. The van der Waals surface area contributed by atoms with Crippen LogP contribution in [0.2, 0.25) is 0 Å². The smallest absolute Gasteiger partial charge is 0.179 e. The van der Waals surface area contributed by atoms with Gasteiger partial charge < -0.3 is 9.64 Å². The van der Waals surface area contributed by atoms with Crippen LogP contribution in [0.5, 0.6) is 0 Å². The second kappa shape index (κ2) is 5.79. The first-order chi connectivity index (χ1) is 13.1. The Morgan fingerprint density at radius 2 is 2.22 bits per heavy atom. The van der Waals surface area contributed by atoms with Crippen LogP contribution in [0.25, 0.3) is 17.0 Å². The molecule has 0 bridgehead atoms. The fourth-order valence-corrected chi connectivity index (χ4v) is 3.84. The summed E-state index contributed by atoms with van der Waals surface area (Å²) in [5.41, 5.74) is 3.20. The molecule has 4 heterocycles. The predicted molar refractivity (Wildman–Crippen MR) is 99.5 cm³/mol. The lowest BCUT2D eigenvalue weighted by Crippen LogP contribution is -2.44. The second-order valence-electron chi connectivity index (χ2n) is 7.53. The summed E-state index contributed by atoms with van der Waals surface area (Å²) >= 11 is 0. The molecule has 3 aromatic rings. The summed E-state index contributed by atoms with van der Waals surface area (Å²) in [4.78, 5) is 6.85. The topological polar surface area (TPSA) is 95.1 Å². The number of ether oxygens (including phenoxy) is 1. The van der Waals surface area contributed by atoms with Crippen LogP contribution in [-0.2, 0) is 10.2 Å². The Bertz CT molecular complexity index is 1060. The van der Waals surface area contributed by atoms with E-state index in [1.54, 1.807) is 0 Å². The van der Waals surface area contributed by atoms with E-state index < -0.39 is 5.41 Å². The minimum absolute atomic E-state index is 0.232. The van der Waals surface area contributed by atoms with Crippen molar-refractivity contribution < 1.29 is 4.74 Å². The van der Waals surface area contributed by atoms with E-state index in [2.05, 4.69) is 39.1 Å². The highest BCUT2D eigenvalue weighted by molar-refractivity contribution is 5.68. The number of fused-ring (bicyclic) bond motifs is 1. The number of aromatic nitrogens is 5. The average molecular weight is 363 g/mol. The zero-order chi connectivity index (χ0) is 18.6. The molecule has 1 saturated carbocycles. The summed E-state index contributed by atoms with van der Waals surface area (Å²) in [6.07, 6.45) is 3.58. The van der Waals surface area contributed by atoms with E-state index in [9.17, 15) is 5.26 Å². The van der Waals surface area contributed by atoms with Crippen molar-refractivity contribution in [2.24, 2.45) is 0 Å². The molecule has 1 saturated heterocycles. The molecule has 8 nitrogen and oxygen atoms in total. The van der Waals surface area contributed by atoms with Gasteiger partial charge in [-0.15, -0.1) is 5.10 Å². The van der Waals surface area contributed by atoms with Gasteiger partial charge in [0, 0.05) is 12.1 Å². The van der Waals surface area contributed by atoms with Gasteiger partial charge in [-0.1, -0.05) is 0 Å². The number of rotatable bonds is 3. The van der Waals surface area contributed by atoms with Crippen molar-refractivity contribution in [3.63, 3.8) is 0 Å². The normalized spacial score (nSPS) is 21.4. The summed E-state index contributed by atoms with van der Waals surface area (Å²) in [6.45, 7) is 6.21. The molecular weight excluding hydrogens is 342 g/mol. The van der Waals surface area contributed by atoms with E-state index >= 15 is 0 Å². The number of morpholine rings is 1. The van der Waals surface area contributed by atoms with Crippen LogP contribution in [-0.4, -0.2) is 50.6 Å². The van der Waals surface area contributed by atoms with E-state index in [1.807, 2.05) is 23.7 Å². The third-order valence-electron chi connectivity index (χ3n) is 5.58. The number of imidazole rings is 1. The van der Waals surface area contributed by atoms with E-state index in [4.69, 9.17) is 9.84 Å². The molecule has 0 amide bonds.